The topological polar surface area (TPSA) is 55.2 Å². The Balaban J connectivity index is 2.15. The van der Waals surface area contributed by atoms with E-state index in [1.54, 1.807) is 15.5 Å². The number of benzene rings is 2. The maximum atomic E-state index is 13.4. The van der Waals surface area contributed by atoms with Crippen molar-refractivity contribution in [3.63, 3.8) is 0 Å². The van der Waals surface area contributed by atoms with Crippen molar-refractivity contribution in [1.82, 2.24) is 14.5 Å². The van der Waals surface area contributed by atoms with Crippen LogP contribution in [0.25, 0.3) is 10.9 Å². The molecule has 0 N–H and O–H groups in total. The van der Waals surface area contributed by atoms with E-state index in [4.69, 9.17) is 28.2 Å². The zero-order chi connectivity index (χ0) is 21.7. The van der Waals surface area contributed by atoms with Crippen LogP contribution in [0.5, 0.6) is 0 Å². The maximum absolute atomic E-state index is 13.4. The third-order valence-electron chi connectivity index (χ3n) is 5.14. The monoisotopic (exact) mass is 445 g/mol. The Morgan fingerprint density at radius 1 is 1.10 bits per heavy atom. The van der Waals surface area contributed by atoms with Crippen molar-refractivity contribution in [3.8, 4) is 0 Å². The minimum absolute atomic E-state index is 0.137. The summed E-state index contributed by atoms with van der Waals surface area (Å²) in [6, 6.07) is 16.5. The number of amides is 1. The van der Waals surface area contributed by atoms with E-state index in [-0.39, 0.29) is 11.5 Å². The molecule has 7 heteroatoms. The van der Waals surface area contributed by atoms with Crippen LogP contribution in [0.2, 0.25) is 0 Å². The largest absolute Gasteiger partial charge is 0.330 e. The number of aromatic nitrogens is 2. The molecule has 0 fully saturated rings. The SMILES string of the molecule is CCCCN(C(=O)C(Cl)Cl)C(C)c1nc2ccccc2c(=O)n1Cc1ccccc1. The van der Waals surface area contributed by atoms with Crippen LogP contribution in [0.3, 0.4) is 0 Å². The Morgan fingerprint density at radius 2 is 1.77 bits per heavy atom. The summed E-state index contributed by atoms with van der Waals surface area (Å²) >= 11 is 11.8. The van der Waals surface area contributed by atoms with Gasteiger partial charge in [-0.2, -0.15) is 0 Å². The van der Waals surface area contributed by atoms with E-state index >= 15 is 0 Å². The molecule has 0 saturated heterocycles. The molecule has 158 valence electrons. The number of hydrogen-bond donors (Lipinski definition) is 0. The number of unbranched alkanes of at least 4 members (excludes halogenated alkanes) is 1. The van der Waals surface area contributed by atoms with Crippen molar-refractivity contribution < 1.29 is 4.79 Å². The van der Waals surface area contributed by atoms with Gasteiger partial charge >= 0.3 is 0 Å². The van der Waals surface area contributed by atoms with E-state index in [2.05, 4.69) is 0 Å². The molecule has 30 heavy (non-hydrogen) atoms. The van der Waals surface area contributed by atoms with E-state index < -0.39 is 10.9 Å². The Morgan fingerprint density at radius 3 is 2.43 bits per heavy atom. The molecule has 3 rings (SSSR count). The van der Waals surface area contributed by atoms with Gasteiger partial charge in [-0.3, -0.25) is 14.2 Å². The molecule has 1 aromatic heterocycles. The summed E-state index contributed by atoms with van der Waals surface area (Å²) in [5.74, 6) is 0.133. The number of carbonyl (C=O) groups is 1. The normalized spacial score (nSPS) is 12.3. The zero-order valence-corrected chi connectivity index (χ0v) is 18.6. The summed E-state index contributed by atoms with van der Waals surface area (Å²) in [4.78, 5) is 31.3. The number of carbonyl (C=O) groups excluding carboxylic acids is 1. The molecular formula is C23H25Cl2N3O2. The van der Waals surface area contributed by atoms with Gasteiger partial charge in [-0.25, -0.2) is 4.98 Å². The van der Waals surface area contributed by atoms with Gasteiger partial charge in [0.1, 0.15) is 5.82 Å². The highest BCUT2D eigenvalue weighted by molar-refractivity contribution is 6.53. The van der Waals surface area contributed by atoms with Crippen LogP contribution in [-0.4, -0.2) is 31.7 Å². The van der Waals surface area contributed by atoms with Crippen LogP contribution in [0.1, 0.15) is 44.1 Å². The van der Waals surface area contributed by atoms with Crippen LogP contribution in [-0.2, 0) is 11.3 Å². The van der Waals surface area contributed by atoms with E-state index in [1.807, 2.05) is 62.4 Å². The second-order valence-corrected chi connectivity index (χ2v) is 8.32. The first-order chi connectivity index (χ1) is 14.4. The van der Waals surface area contributed by atoms with Crippen molar-refractivity contribution in [2.75, 3.05) is 6.54 Å². The average Bonchev–Trinajstić information content (AvgIpc) is 2.76. The fourth-order valence-corrected chi connectivity index (χ4v) is 3.76. The van der Waals surface area contributed by atoms with Gasteiger partial charge in [-0.15, -0.1) is 0 Å². The van der Waals surface area contributed by atoms with Crippen molar-refractivity contribution >= 4 is 40.0 Å². The molecule has 0 spiro atoms. The summed E-state index contributed by atoms with van der Waals surface area (Å²) in [5.41, 5.74) is 1.44. The van der Waals surface area contributed by atoms with Gasteiger partial charge < -0.3 is 4.90 Å². The smallest absolute Gasteiger partial charge is 0.261 e. The second-order valence-electron chi connectivity index (χ2n) is 7.23. The predicted molar refractivity (Wildman–Crippen MR) is 122 cm³/mol. The summed E-state index contributed by atoms with van der Waals surface area (Å²) in [7, 11) is 0. The second kappa shape index (κ2) is 10.1. The van der Waals surface area contributed by atoms with Crippen LogP contribution < -0.4 is 5.56 Å². The predicted octanol–water partition coefficient (Wildman–Crippen LogP) is 4.94. The number of rotatable bonds is 8. The lowest BCUT2D eigenvalue weighted by molar-refractivity contribution is -0.131. The number of fused-ring (bicyclic) bond motifs is 1. The summed E-state index contributed by atoms with van der Waals surface area (Å²) in [5, 5.41) is 0.545. The third kappa shape index (κ3) is 4.85. The highest BCUT2D eigenvalue weighted by atomic mass is 35.5. The summed E-state index contributed by atoms with van der Waals surface area (Å²) in [6.45, 7) is 4.76. The molecule has 0 aliphatic heterocycles. The quantitative estimate of drug-likeness (QED) is 0.461. The molecule has 1 atom stereocenters. The minimum Gasteiger partial charge on any atom is -0.330 e. The first-order valence-corrected chi connectivity index (χ1v) is 10.9. The van der Waals surface area contributed by atoms with Gasteiger partial charge in [0.15, 0.2) is 4.84 Å². The third-order valence-corrected chi connectivity index (χ3v) is 5.51. The summed E-state index contributed by atoms with van der Waals surface area (Å²) in [6.07, 6.45) is 1.71. The molecule has 0 aliphatic rings. The summed E-state index contributed by atoms with van der Waals surface area (Å²) < 4.78 is 1.64. The lowest BCUT2D eigenvalue weighted by Crippen LogP contribution is -2.40. The first kappa shape index (κ1) is 22.3. The van der Waals surface area contributed by atoms with E-state index in [0.717, 1.165) is 18.4 Å². The molecule has 0 saturated carbocycles. The Kier molecular flexibility index (Phi) is 7.51. The molecule has 3 aromatic rings. The first-order valence-electron chi connectivity index (χ1n) is 10.1. The maximum Gasteiger partial charge on any atom is 0.261 e. The van der Waals surface area contributed by atoms with Crippen LogP contribution in [0, 0.1) is 0 Å². The number of nitrogens with zero attached hydrogens (tertiary/aromatic N) is 3. The van der Waals surface area contributed by atoms with E-state index in [0.29, 0.717) is 29.8 Å². The Labute approximate surface area is 186 Å². The van der Waals surface area contributed by atoms with Gasteiger partial charge in [-0.1, -0.05) is 79.0 Å². The molecule has 2 aromatic carbocycles. The van der Waals surface area contributed by atoms with Crippen molar-refractivity contribution in [1.29, 1.82) is 0 Å². The number of alkyl halides is 2. The standard InChI is InChI=1S/C23H25Cl2N3O2/c1-3-4-14-27(23(30)20(24)25)16(2)21-26-19-13-9-8-12-18(19)22(29)28(21)15-17-10-6-5-7-11-17/h5-13,16,20H,3-4,14-15H2,1-2H3. The molecule has 1 amide bonds. The van der Waals surface area contributed by atoms with Crippen molar-refractivity contribution in [3.05, 3.63) is 76.3 Å². The molecule has 1 heterocycles. The van der Waals surface area contributed by atoms with Gasteiger partial charge in [0.2, 0.25) is 0 Å². The van der Waals surface area contributed by atoms with E-state index in [9.17, 15) is 9.59 Å². The Hall–Kier alpha value is -2.37. The molecular weight excluding hydrogens is 421 g/mol. The molecule has 0 aliphatic carbocycles. The highest BCUT2D eigenvalue weighted by Gasteiger charge is 2.29. The zero-order valence-electron chi connectivity index (χ0n) is 17.1. The van der Waals surface area contributed by atoms with Crippen LogP contribution >= 0.6 is 23.2 Å². The lowest BCUT2D eigenvalue weighted by Gasteiger charge is -2.31. The Bertz CT molecular complexity index is 1070. The van der Waals surface area contributed by atoms with Gasteiger partial charge in [0.05, 0.1) is 23.5 Å². The number of halogens is 2. The number of hydrogen-bond acceptors (Lipinski definition) is 3. The fourth-order valence-electron chi connectivity index (χ4n) is 3.51. The van der Waals surface area contributed by atoms with E-state index in [1.165, 1.54) is 0 Å². The molecule has 0 bridgehead atoms. The van der Waals surface area contributed by atoms with Crippen LogP contribution in [0.4, 0.5) is 0 Å². The fraction of sp³-hybridized carbons (Fsp3) is 0.348. The highest BCUT2D eigenvalue weighted by Crippen LogP contribution is 2.24. The van der Waals surface area contributed by atoms with Gasteiger partial charge in [0, 0.05) is 6.54 Å². The molecule has 0 radical (unpaired) electrons. The van der Waals surface area contributed by atoms with Gasteiger partial charge in [-0.05, 0) is 31.0 Å². The molecule has 1 unspecified atom stereocenters. The minimum atomic E-state index is -1.17. The number of para-hydroxylation sites is 1. The van der Waals surface area contributed by atoms with Crippen molar-refractivity contribution in [2.45, 2.75) is 44.1 Å². The van der Waals surface area contributed by atoms with Gasteiger partial charge in [0.25, 0.3) is 11.5 Å². The molecule has 5 nitrogen and oxygen atoms in total. The average molecular weight is 446 g/mol. The van der Waals surface area contributed by atoms with Crippen LogP contribution in [0.15, 0.2) is 59.4 Å². The lowest BCUT2D eigenvalue weighted by atomic mass is 10.1. The van der Waals surface area contributed by atoms with Crippen molar-refractivity contribution in [2.24, 2.45) is 0 Å².